The number of hydrogen-bond acceptors (Lipinski definition) is 2. The summed E-state index contributed by atoms with van der Waals surface area (Å²) >= 11 is 0. The minimum Gasteiger partial charge on any atom is -0.369 e. The molecule has 3 heteroatoms. The summed E-state index contributed by atoms with van der Waals surface area (Å²) in [5.41, 5.74) is 6.55. The summed E-state index contributed by atoms with van der Waals surface area (Å²) < 4.78 is 2.10. The largest absolute Gasteiger partial charge is 0.369 e. The molecule has 19 heavy (non-hydrogen) atoms. The number of nitrogen functional groups attached to an aromatic ring is 1. The summed E-state index contributed by atoms with van der Waals surface area (Å²) in [6, 6.07) is 0. The topological polar surface area (TPSA) is 43.8 Å². The predicted molar refractivity (Wildman–Crippen MR) is 76.5 cm³/mol. The zero-order valence-corrected chi connectivity index (χ0v) is 11.7. The van der Waals surface area contributed by atoms with E-state index in [4.69, 9.17) is 5.73 Å². The van der Waals surface area contributed by atoms with Gasteiger partial charge in [-0.3, -0.25) is 0 Å². The number of imidazole rings is 1. The van der Waals surface area contributed by atoms with Crippen LogP contribution in [0.1, 0.15) is 51.4 Å². The minimum absolute atomic E-state index is 0.672. The summed E-state index contributed by atoms with van der Waals surface area (Å²) in [6.45, 7) is 1.05. The van der Waals surface area contributed by atoms with Crippen LogP contribution in [-0.2, 0) is 6.54 Å². The van der Waals surface area contributed by atoms with Gasteiger partial charge in [-0.05, 0) is 74.5 Å². The Morgan fingerprint density at radius 3 is 2.32 bits per heavy atom. The first-order chi connectivity index (χ1) is 9.22. The van der Waals surface area contributed by atoms with Crippen molar-refractivity contribution < 1.29 is 0 Å². The lowest BCUT2D eigenvalue weighted by Gasteiger charge is -2.57. The Hall–Kier alpha value is -0.990. The van der Waals surface area contributed by atoms with E-state index in [0.717, 1.165) is 24.3 Å². The second-order valence-corrected chi connectivity index (χ2v) is 7.50. The SMILES string of the molecule is Nc1nccn1CCCC12CC3CC(CC(C3)C1)C2. The van der Waals surface area contributed by atoms with Gasteiger partial charge in [0.1, 0.15) is 0 Å². The van der Waals surface area contributed by atoms with Gasteiger partial charge >= 0.3 is 0 Å². The number of aryl methyl sites for hydroxylation is 1. The van der Waals surface area contributed by atoms with Crippen molar-refractivity contribution in [1.82, 2.24) is 9.55 Å². The van der Waals surface area contributed by atoms with Crippen molar-refractivity contribution in [1.29, 1.82) is 0 Å². The summed E-state index contributed by atoms with van der Waals surface area (Å²) in [4.78, 5) is 4.10. The molecule has 1 aromatic heterocycles. The van der Waals surface area contributed by atoms with Crippen LogP contribution in [0.3, 0.4) is 0 Å². The zero-order valence-electron chi connectivity index (χ0n) is 11.7. The van der Waals surface area contributed by atoms with Gasteiger partial charge in [-0.2, -0.15) is 0 Å². The lowest BCUT2D eigenvalue weighted by atomic mass is 9.48. The molecule has 0 unspecified atom stereocenters. The zero-order chi connectivity index (χ0) is 12.9. The van der Waals surface area contributed by atoms with Crippen LogP contribution in [0, 0.1) is 23.2 Å². The fourth-order valence-electron chi connectivity index (χ4n) is 5.75. The Morgan fingerprint density at radius 2 is 1.79 bits per heavy atom. The monoisotopic (exact) mass is 259 g/mol. The van der Waals surface area contributed by atoms with Gasteiger partial charge in [0.15, 0.2) is 5.95 Å². The number of rotatable bonds is 4. The highest BCUT2D eigenvalue weighted by Gasteiger charge is 2.50. The number of aromatic nitrogens is 2. The van der Waals surface area contributed by atoms with E-state index in [0.29, 0.717) is 11.4 Å². The number of anilines is 1. The van der Waals surface area contributed by atoms with Gasteiger partial charge in [-0.1, -0.05) is 0 Å². The highest BCUT2D eigenvalue weighted by molar-refractivity contribution is 5.16. The third kappa shape index (κ3) is 2.07. The summed E-state index contributed by atoms with van der Waals surface area (Å²) in [5, 5.41) is 0. The first-order valence-corrected chi connectivity index (χ1v) is 7.99. The highest BCUT2D eigenvalue weighted by Crippen LogP contribution is 2.61. The average molecular weight is 259 g/mol. The molecule has 4 aliphatic rings. The Kier molecular flexibility index (Phi) is 2.64. The van der Waals surface area contributed by atoms with E-state index in [1.54, 1.807) is 25.5 Å². The standard InChI is InChI=1S/C16H25N3/c17-15-18-3-5-19(15)4-1-2-16-9-12-6-13(10-16)8-14(7-12)11-16/h3,5,12-14H,1-2,4,6-11H2,(H2,17,18). The first-order valence-electron chi connectivity index (χ1n) is 7.99. The van der Waals surface area contributed by atoms with E-state index in [2.05, 4.69) is 9.55 Å². The van der Waals surface area contributed by atoms with Gasteiger partial charge in [0.25, 0.3) is 0 Å². The molecule has 2 N–H and O–H groups in total. The molecule has 1 aromatic rings. The van der Waals surface area contributed by atoms with Crippen LogP contribution < -0.4 is 5.73 Å². The maximum Gasteiger partial charge on any atom is 0.200 e. The van der Waals surface area contributed by atoms with Crippen molar-refractivity contribution in [3.05, 3.63) is 12.4 Å². The Balaban J connectivity index is 1.39. The number of nitrogens with two attached hydrogens (primary N) is 1. The molecular weight excluding hydrogens is 234 g/mol. The Bertz CT molecular complexity index is 427. The molecule has 3 nitrogen and oxygen atoms in total. The normalized spacial score (nSPS) is 39.9. The molecular formula is C16H25N3. The van der Waals surface area contributed by atoms with Crippen molar-refractivity contribution in [2.24, 2.45) is 23.2 Å². The molecule has 4 fully saturated rings. The van der Waals surface area contributed by atoms with Gasteiger partial charge in [0.05, 0.1) is 0 Å². The lowest BCUT2D eigenvalue weighted by molar-refractivity contribution is -0.0585. The van der Waals surface area contributed by atoms with E-state index in [1.165, 1.54) is 32.1 Å². The molecule has 0 amide bonds. The van der Waals surface area contributed by atoms with Gasteiger partial charge in [0.2, 0.25) is 0 Å². The summed E-state index contributed by atoms with van der Waals surface area (Å²) in [7, 11) is 0. The molecule has 0 spiro atoms. The van der Waals surface area contributed by atoms with Crippen LogP contribution >= 0.6 is 0 Å². The smallest absolute Gasteiger partial charge is 0.200 e. The van der Waals surface area contributed by atoms with Crippen LogP contribution in [0.25, 0.3) is 0 Å². The molecule has 0 aliphatic heterocycles. The van der Waals surface area contributed by atoms with Crippen molar-refractivity contribution in [3.8, 4) is 0 Å². The van der Waals surface area contributed by atoms with Crippen molar-refractivity contribution in [2.45, 2.75) is 57.9 Å². The third-order valence-corrected chi connectivity index (χ3v) is 6.02. The Labute approximate surface area is 115 Å². The first kappa shape index (κ1) is 11.8. The second kappa shape index (κ2) is 4.26. The van der Waals surface area contributed by atoms with Crippen LogP contribution in [0.5, 0.6) is 0 Å². The van der Waals surface area contributed by atoms with Gasteiger partial charge in [-0.25, -0.2) is 4.98 Å². The van der Waals surface area contributed by atoms with Gasteiger partial charge in [0, 0.05) is 18.9 Å². The summed E-state index contributed by atoms with van der Waals surface area (Å²) in [6.07, 6.45) is 15.7. The van der Waals surface area contributed by atoms with Crippen LogP contribution in [-0.4, -0.2) is 9.55 Å². The second-order valence-electron chi connectivity index (χ2n) is 7.50. The number of nitrogens with zero attached hydrogens (tertiary/aromatic N) is 2. The molecule has 4 saturated carbocycles. The molecule has 0 aromatic carbocycles. The fourth-order valence-corrected chi connectivity index (χ4v) is 5.75. The predicted octanol–water partition coefficient (Wildman–Crippen LogP) is 3.46. The van der Waals surface area contributed by atoms with Gasteiger partial charge < -0.3 is 10.3 Å². The van der Waals surface area contributed by atoms with Crippen molar-refractivity contribution in [3.63, 3.8) is 0 Å². The van der Waals surface area contributed by atoms with E-state index in [-0.39, 0.29) is 0 Å². The third-order valence-electron chi connectivity index (χ3n) is 6.02. The number of hydrogen-bond donors (Lipinski definition) is 1. The fraction of sp³-hybridized carbons (Fsp3) is 0.812. The molecule has 1 heterocycles. The van der Waals surface area contributed by atoms with Crippen LogP contribution in [0.4, 0.5) is 5.95 Å². The van der Waals surface area contributed by atoms with Crippen LogP contribution in [0.15, 0.2) is 12.4 Å². The average Bonchev–Trinajstić information content (AvgIpc) is 2.73. The molecule has 0 atom stereocenters. The van der Waals surface area contributed by atoms with E-state index in [1.807, 2.05) is 6.20 Å². The molecule has 104 valence electrons. The quantitative estimate of drug-likeness (QED) is 0.900. The van der Waals surface area contributed by atoms with E-state index < -0.39 is 0 Å². The van der Waals surface area contributed by atoms with E-state index in [9.17, 15) is 0 Å². The summed E-state index contributed by atoms with van der Waals surface area (Å²) in [5.74, 6) is 3.89. The van der Waals surface area contributed by atoms with Gasteiger partial charge in [-0.15, -0.1) is 0 Å². The molecule has 0 radical (unpaired) electrons. The van der Waals surface area contributed by atoms with Crippen LogP contribution in [0.2, 0.25) is 0 Å². The minimum atomic E-state index is 0.672. The molecule has 4 aliphatic carbocycles. The maximum absolute atomic E-state index is 5.84. The Morgan fingerprint density at radius 1 is 1.16 bits per heavy atom. The molecule has 5 rings (SSSR count). The van der Waals surface area contributed by atoms with Crippen molar-refractivity contribution in [2.75, 3.05) is 5.73 Å². The van der Waals surface area contributed by atoms with E-state index >= 15 is 0 Å². The van der Waals surface area contributed by atoms with Crippen molar-refractivity contribution >= 4 is 5.95 Å². The lowest BCUT2D eigenvalue weighted by Crippen LogP contribution is -2.46. The maximum atomic E-state index is 5.84. The highest BCUT2D eigenvalue weighted by atomic mass is 15.1. The molecule has 0 saturated heterocycles. The molecule has 4 bridgehead atoms.